The summed E-state index contributed by atoms with van der Waals surface area (Å²) in [6.07, 6.45) is 2.52. The molecular weight excluding hydrogens is 524 g/mol. The topological polar surface area (TPSA) is 101 Å². The van der Waals surface area contributed by atoms with Gasteiger partial charge in [-0.05, 0) is 73.8 Å². The van der Waals surface area contributed by atoms with E-state index in [-0.39, 0.29) is 48.2 Å². The first-order valence-electron chi connectivity index (χ1n) is 13.8. The molecule has 4 bridgehead atoms. The molecule has 1 aliphatic carbocycles. The highest BCUT2D eigenvalue weighted by atomic mass is 32.2. The Labute approximate surface area is 238 Å². The molecule has 2 heterocycles. The average Bonchev–Trinajstić information content (AvgIpc) is 2.84. The Morgan fingerprint density at radius 1 is 1.05 bits per heavy atom. The normalized spacial score (nSPS) is 22.6. The van der Waals surface area contributed by atoms with Crippen LogP contribution in [0.5, 0.6) is 5.88 Å². The molecule has 0 radical (unpaired) electrons. The van der Waals surface area contributed by atoms with Crippen molar-refractivity contribution in [1.82, 2.24) is 14.9 Å². The molecule has 0 spiro atoms. The Balaban J connectivity index is 0.00000387. The number of amides is 1. The average molecular weight is 565 g/mol. The van der Waals surface area contributed by atoms with Gasteiger partial charge in [-0.1, -0.05) is 52.0 Å². The minimum Gasteiger partial charge on any atom is -0.475 e. The first kappa shape index (κ1) is 28.1. The number of sulfonamides is 1. The maximum atomic E-state index is 14.1. The van der Waals surface area contributed by atoms with Crippen molar-refractivity contribution in [2.24, 2.45) is 11.3 Å². The minimum absolute atomic E-state index is 0. The SMILES string of the molecule is Cc1cccc(C)c1-c1cc2nc(n1)NS(=O)(=O)c1cccc(c1)C(=O)N(C1CC(C)C1)[C@H](CC(C)(C)C)CO2.[HH]. The molecule has 5 rings (SSSR count). The third kappa shape index (κ3) is 5.84. The second kappa shape index (κ2) is 10.5. The van der Waals surface area contributed by atoms with Crippen molar-refractivity contribution in [2.45, 2.75) is 77.8 Å². The third-order valence-electron chi connectivity index (χ3n) is 7.70. The predicted octanol–water partition coefficient (Wildman–Crippen LogP) is 6.25. The molecule has 40 heavy (non-hydrogen) atoms. The number of hydrogen-bond donors (Lipinski definition) is 1. The second-order valence-corrected chi connectivity index (χ2v) is 14.2. The Hall–Kier alpha value is -3.46. The van der Waals surface area contributed by atoms with Crippen molar-refractivity contribution in [3.63, 3.8) is 0 Å². The summed E-state index contributed by atoms with van der Waals surface area (Å²) in [4.78, 5) is 25.1. The highest BCUT2D eigenvalue weighted by Gasteiger charge is 2.40. The molecule has 1 saturated carbocycles. The number of carbonyl (C=O) groups excluding carboxylic acids is 1. The summed E-state index contributed by atoms with van der Waals surface area (Å²) in [6.45, 7) is 12.9. The van der Waals surface area contributed by atoms with Crippen LogP contribution in [0.1, 0.15) is 69.9 Å². The van der Waals surface area contributed by atoms with E-state index in [4.69, 9.17) is 4.74 Å². The van der Waals surface area contributed by atoms with Crippen LogP contribution in [0, 0.1) is 25.2 Å². The van der Waals surface area contributed by atoms with Crippen LogP contribution in [0.3, 0.4) is 0 Å². The molecule has 1 amide bonds. The van der Waals surface area contributed by atoms with Gasteiger partial charge in [0.25, 0.3) is 15.9 Å². The summed E-state index contributed by atoms with van der Waals surface area (Å²) in [7, 11) is -4.08. The van der Waals surface area contributed by atoms with Crippen LogP contribution < -0.4 is 9.46 Å². The fourth-order valence-corrected chi connectivity index (χ4v) is 6.85. The molecule has 0 saturated heterocycles. The maximum absolute atomic E-state index is 14.1. The number of nitrogens with zero attached hydrogens (tertiary/aromatic N) is 3. The van der Waals surface area contributed by atoms with Gasteiger partial charge in [0.2, 0.25) is 11.8 Å². The van der Waals surface area contributed by atoms with Gasteiger partial charge in [0, 0.05) is 24.7 Å². The van der Waals surface area contributed by atoms with Crippen LogP contribution >= 0.6 is 0 Å². The van der Waals surface area contributed by atoms with Gasteiger partial charge in [0.15, 0.2) is 0 Å². The van der Waals surface area contributed by atoms with Crippen LogP contribution in [-0.4, -0.2) is 47.9 Å². The lowest BCUT2D eigenvalue weighted by Gasteiger charge is -2.46. The molecule has 0 unspecified atom stereocenters. The molecule has 1 aromatic heterocycles. The maximum Gasteiger partial charge on any atom is 0.264 e. The molecule has 1 N–H and O–H groups in total. The van der Waals surface area contributed by atoms with E-state index in [0.717, 1.165) is 29.5 Å². The number of carbonyl (C=O) groups is 1. The van der Waals surface area contributed by atoms with Crippen molar-refractivity contribution in [3.8, 4) is 17.1 Å². The summed E-state index contributed by atoms with van der Waals surface area (Å²) in [5, 5.41) is 0. The number of rotatable bonds is 3. The molecule has 8 nitrogen and oxygen atoms in total. The van der Waals surface area contributed by atoms with Crippen molar-refractivity contribution < 1.29 is 19.4 Å². The summed E-state index contributed by atoms with van der Waals surface area (Å²) in [6, 6.07) is 13.8. The van der Waals surface area contributed by atoms with E-state index in [1.54, 1.807) is 18.2 Å². The zero-order valence-corrected chi connectivity index (χ0v) is 24.9. The van der Waals surface area contributed by atoms with E-state index in [2.05, 4.69) is 42.4 Å². The monoisotopic (exact) mass is 564 g/mol. The Morgan fingerprint density at radius 2 is 1.73 bits per heavy atom. The lowest BCUT2D eigenvalue weighted by molar-refractivity contribution is 0.0126. The molecule has 1 atom stereocenters. The van der Waals surface area contributed by atoms with E-state index in [1.807, 2.05) is 36.9 Å². The first-order chi connectivity index (χ1) is 18.8. The number of fused-ring (bicyclic) bond motifs is 4. The minimum atomic E-state index is -4.08. The van der Waals surface area contributed by atoms with Crippen LogP contribution in [0.15, 0.2) is 53.4 Å². The van der Waals surface area contributed by atoms with E-state index in [0.29, 0.717) is 23.6 Å². The lowest BCUT2D eigenvalue weighted by Crippen LogP contribution is -2.55. The Morgan fingerprint density at radius 3 is 2.38 bits per heavy atom. The van der Waals surface area contributed by atoms with Gasteiger partial charge < -0.3 is 9.64 Å². The number of aryl methyl sites for hydroxylation is 2. The smallest absolute Gasteiger partial charge is 0.264 e. The molecule has 3 aromatic rings. The molecule has 9 heteroatoms. The quantitative estimate of drug-likeness (QED) is 0.404. The number of benzene rings is 2. The predicted molar refractivity (Wildman–Crippen MR) is 158 cm³/mol. The second-order valence-electron chi connectivity index (χ2n) is 12.5. The number of hydrogen-bond acceptors (Lipinski definition) is 6. The van der Waals surface area contributed by atoms with Crippen LogP contribution in [0.4, 0.5) is 5.95 Å². The lowest BCUT2D eigenvalue weighted by atomic mass is 9.78. The molecule has 214 valence electrons. The number of anilines is 1. The van der Waals surface area contributed by atoms with E-state index >= 15 is 0 Å². The number of aromatic nitrogens is 2. The highest BCUT2D eigenvalue weighted by Crippen LogP contribution is 2.37. The first-order valence-corrected chi connectivity index (χ1v) is 15.3. The van der Waals surface area contributed by atoms with Crippen LogP contribution in [0.2, 0.25) is 0 Å². The highest BCUT2D eigenvalue weighted by molar-refractivity contribution is 7.92. The molecular formula is C31H40N4O4S. The summed E-state index contributed by atoms with van der Waals surface area (Å²) in [5.74, 6) is 0.520. The molecule has 1 aliphatic heterocycles. The van der Waals surface area contributed by atoms with Crippen LogP contribution in [-0.2, 0) is 10.0 Å². The Kier molecular flexibility index (Phi) is 7.37. The summed E-state index contributed by atoms with van der Waals surface area (Å²) < 4.78 is 35.8. The molecule has 2 aromatic carbocycles. The van der Waals surface area contributed by atoms with E-state index in [1.165, 1.54) is 12.1 Å². The fraction of sp³-hybridized carbons (Fsp3) is 0.452. The fourth-order valence-electron chi connectivity index (χ4n) is 5.86. The van der Waals surface area contributed by atoms with Gasteiger partial charge in [-0.2, -0.15) is 4.98 Å². The zero-order valence-electron chi connectivity index (χ0n) is 24.1. The Bertz CT molecular complexity index is 1530. The van der Waals surface area contributed by atoms with Gasteiger partial charge in [-0.25, -0.2) is 18.1 Å². The molecule has 2 aliphatic rings. The van der Waals surface area contributed by atoms with Gasteiger partial charge in [-0.3, -0.25) is 4.79 Å². The van der Waals surface area contributed by atoms with Gasteiger partial charge in [0.05, 0.1) is 16.6 Å². The van der Waals surface area contributed by atoms with E-state index < -0.39 is 10.0 Å². The van der Waals surface area contributed by atoms with Crippen molar-refractivity contribution in [1.29, 1.82) is 0 Å². The zero-order chi connectivity index (χ0) is 28.8. The summed E-state index contributed by atoms with van der Waals surface area (Å²) in [5.41, 5.74) is 3.73. The largest absolute Gasteiger partial charge is 0.475 e. The standard InChI is InChI=1S/C31H38N4O4S.H2/c1-19-13-23(14-19)35-24(17-31(4,5)6)18-39-27-16-26(28-20(2)9-7-10-21(28)3)32-30(33-27)34-40(37,38)25-12-8-11-22(15-25)29(35)36;/h7-12,15-16,19,23-24H,13-14,17-18H2,1-6H3,(H,32,33,34);1H/t19?,23?,24-;/m1./s1. The van der Waals surface area contributed by atoms with Gasteiger partial charge in [0.1, 0.15) is 6.61 Å². The van der Waals surface area contributed by atoms with Crippen LogP contribution in [0.25, 0.3) is 11.3 Å². The van der Waals surface area contributed by atoms with Crippen molar-refractivity contribution in [3.05, 3.63) is 65.2 Å². The summed E-state index contributed by atoms with van der Waals surface area (Å²) >= 11 is 0. The number of nitrogens with one attached hydrogen (secondary N) is 1. The van der Waals surface area contributed by atoms with Crippen molar-refractivity contribution in [2.75, 3.05) is 11.3 Å². The van der Waals surface area contributed by atoms with E-state index in [9.17, 15) is 13.2 Å². The number of ether oxygens (including phenoxy) is 1. The van der Waals surface area contributed by atoms with Crippen molar-refractivity contribution >= 4 is 21.9 Å². The van der Waals surface area contributed by atoms with Gasteiger partial charge in [-0.15, -0.1) is 0 Å². The third-order valence-corrected chi connectivity index (χ3v) is 9.02. The van der Waals surface area contributed by atoms with Gasteiger partial charge >= 0.3 is 0 Å². The molecule has 1 fully saturated rings.